The van der Waals surface area contributed by atoms with Crippen molar-refractivity contribution >= 4 is 13.6 Å². The van der Waals surface area contributed by atoms with E-state index in [9.17, 15) is 19.1 Å². The first-order chi connectivity index (χ1) is 7.37. The van der Waals surface area contributed by atoms with Crippen LogP contribution in [-0.2, 0) is 22.2 Å². The maximum absolute atomic E-state index is 11.4. The quantitative estimate of drug-likeness (QED) is 0.666. The molecule has 0 aromatic heterocycles. The fraction of sp³-hybridized carbons (Fsp3) is 0.300. The van der Waals surface area contributed by atoms with E-state index in [2.05, 4.69) is 0 Å². The van der Waals surface area contributed by atoms with Crippen LogP contribution >= 0.6 is 7.60 Å². The van der Waals surface area contributed by atoms with Crippen LogP contribution in [0.1, 0.15) is 11.1 Å². The molecule has 0 saturated carbocycles. The molecule has 3 N–H and O–H groups in total. The standard InChI is InChI=1S/C10H11O5P/c11-9(12)10(16(13,14)15)5-7-3-1-2-4-8(7)6-10/h1-4H,5-6H2,(H,11,12)(H2,13,14,15). The highest BCUT2D eigenvalue weighted by molar-refractivity contribution is 7.54. The van der Waals surface area contributed by atoms with E-state index in [1.165, 1.54) is 0 Å². The Bertz CT molecular complexity index is 465. The molecule has 2 rings (SSSR count). The Balaban J connectivity index is 2.51. The zero-order valence-corrected chi connectivity index (χ0v) is 9.22. The van der Waals surface area contributed by atoms with Crippen molar-refractivity contribution < 1.29 is 24.3 Å². The van der Waals surface area contributed by atoms with Crippen LogP contribution in [0, 0.1) is 0 Å². The van der Waals surface area contributed by atoms with Gasteiger partial charge in [0.1, 0.15) is 0 Å². The van der Waals surface area contributed by atoms with Crippen molar-refractivity contribution in [3.05, 3.63) is 35.4 Å². The molecule has 1 aromatic carbocycles. The van der Waals surface area contributed by atoms with Crippen molar-refractivity contribution in [2.45, 2.75) is 18.0 Å². The van der Waals surface area contributed by atoms with Crippen molar-refractivity contribution in [2.24, 2.45) is 0 Å². The molecule has 5 nitrogen and oxygen atoms in total. The lowest BCUT2D eigenvalue weighted by atomic mass is 10.1. The summed E-state index contributed by atoms with van der Waals surface area (Å²) in [6.45, 7) is 0. The second kappa shape index (κ2) is 3.42. The number of fused-ring (bicyclic) bond motifs is 1. The summed E-state index contributed by atoms with van der Waals surface area (Å²) in [5.74, 6) is -1.43. The number of hydrogen-bond donors (Lipinski definition) is 3. The average Bonchev–Trinajstić information content (AvgIpc) is 2.56. The van der Waals surface area contributed by atoms with Crippen molar-refractivity contribution in [2.75, 3.05) is 0 Å². The molecule has 1 aliphatic rings. The summed E-state index contributed by atoms with van der Waals surface area (Å²) in [6, 6.07) is 6.87. The van der Waals surface area contributed by atoms with Crippen molar-refractivity contribution in [3.8, 4) is 0 Å². The first-order valence-electron chi connectivity index (χ1n) is 4.73. The van der Waals surface area contributed by atoms with Crippen LogP contribution in [0.3, 0.4) is 0 Å². The summed E-state index contributed by atoms with van der Waals surface area (Å²) in [5.41, 5.74) is 1.40. The molecule has 0 aliphatic heterocycles. The van der Waals surface area contributed by atoms with Gasteiger partial charge in [-0.05, 0) is 11.1 Å². The van der Waals surface area contributed by atoms with E-state index in [-0.39, 0.29) is 12.8 Å². The van der Waals surface area contributed by atoms with Crippen LogP contribution in [0.5, 0.6) is 0 Å². The molecule has 0 bridgehead atoms. The number of aliphatic carboxylic acids is 1. The van der Waals surface area contributed by atoms with Gasteiger partial charge >= 0.3 is 13.6 Å². The summed E-state index contributed by atoms with van der Waals surface area (Å²) in [7, 11) is -4.68. The molecule has 0 atom stereocenters. The monoisotopic (exact) mass is 242 g/mol. The lowest BCUT2D eigenvalue weighted by molar-refractivity contribution is -0.140. The molecule has 0 heterocycles. The smallest absolute Gasteiger partial charge is 0.343 e. The molecule has 0 fully saturated rings. The summed E-state index contributed by atoms with van der Waals surface area (Å²) in [6.07, 6.45) is -0.217. The minimum atomic E-state index is -4.68. The normalized spacial score (nSPS) is 18.1. The molecular formula is C10H11O5P. The first kappa shape index (κ1) is 11.3. The summed E-state index contributed by atoms with van der Waals surface area (Å²) in [4.78, 5) is 29.6. The number of carboxylic acids is 1. The Hall–Kier alpha value is -1.16. The van der Waals surface area contributed by atoms with Gasteiger partial charge in [-0.15, -0.1) is 0 Å². The van der Waals surface area contributed by atoms with E-state index in [4.69, 9.17) is 5.11 Å². The highest BCUT2D eigenvalue weighted by atomic mass is 31.2. The van der Waals surface area contributed by atoms with Gasteiger partial charge in [0, 0.05) is 12.8 Å². The van der Waals surface area contributed by atoms with Crippen LogP contribution in [0.4, 0.5) is 0 Å². The molecule has 1 aliphatic carbocycles. The predicted molar refractivity (Wildman–Crippen MR) is 56.3 cm³/mol. The van der Waals surface area contributed by atoms with Gasteiger partial charge < -0.3 is 14.9 Å². The minimum Gasteiger partial charge on any atom is -0.480 e. The van der Waals surface area contributed by atoms with Gasteiger partial charge in [0.2, 0.25) is 0 Å². The number of benzene rings is 1. The highest BCUT2D eigenvalue weighted by Gasteiger charge is 2.57. The molecule has 0 amide bonds. The van der Waals surface area contributed by atoms with Crippen LogP contribution in [-0.4, -0.2) is 26.0 Å². The Labute approximate surface area is 91.9 Å². The van der Waals surface area contributed by atoms with Crippen molar-refractivity contribution in [1.29, 1.82) is 0 Å². The summed E-state index contributed by atoms with van der Waals surface area (Å²) < 4.78 is 11.4. The van der Waals surface area contributed by atoms with Gasteiger partial charge in [-0.2, -0.15) is 0 Å². The largest absolute Gasteiger partial charge is 0.480 e. The first-order valence-corrected chi connectivity index (χ1v) is 6.34. The maximum Gasteiger partial charge on any atom is 0.343 e. The zero-order chi connectivity index (χ0) is 12.0. The van der Waals surface area contributed by atoms with Gasteiger partial charge in [-0.25, -0.2) is 0 Å². The third kappa shape index (κ3) is 1.48. The molecule has 0 unspecified atom stereocenters. The van der Waals surface area contributed by atoms with Crippen molar-refractivity contribution in [1.82, 2.24) is 0 Å². The third-order valence-corrected chi connectivity index (χ3v) is 4.66. The molecule has 0 radical (unpaired) electrons. The lowest BCUT2D eigenvalue weighted by Crippen LogP contribution is -2.39. The van der Waals surface area contributed by atoms with E-state index < -0.39 is 18.7 Å². The fourth-order valence-corrected chi connectivity index (χ4v) is 3.08. The number of rotatable bonds is 2. The Kier molecular flexibility index (Phi) is 2.42. The molecule has 86 valence electrons. The number of carbonyl (C=O) groups is 1. The fourth-order valence-electron chi connectivity index (χ4n) is 2.08. The highest BCUT2D eigenvalue weighted by Crippen LogP contribution is 2.57. The van der Waals surface area contributed by atoms with Gasteiger partial charge in [0.15, 0.2) is 5.16 Å². The Morgan fingerprint density at radius 1 is 1.19 bits per heavy atom. The zero-order valence-electron chi connectivity index (χ0n) is 8.33. The SMILES string of the molecule is O=C(O)C1(P(=O)(O)O)Cc2ccccc2C1. The maximum atomic E-state index is 11.4. The van der Waals surface area contributed by atoms with Gasteiger partial charge in [-0.3, -0.25) is 9.36 Å². The minimum absolute atomic E-state index is 0.108. The van der Waals surface area contributed by atoms with Gasteiger partial charge in [0.05, 0.1) is 0 Å². The predicted octanol–water partition coefficient (Wildman–Crippen LogP) is 0.786. The van der Waals surface area contributed by atoms with E-state index in [0.29, 0.717) is 11.1 Å². The summed E-state index contributed by atoms with van der Waals surface area (Å²) in [5, 5.41) is 7.10. The van der Waals surface area contributed by atoms with E-state index >= 15 is 0 Å². The molecule has 1 aromatic rings. The van der Waals surface area contributed by atoms with Gasteiger partial charge in [0.25, 0.3) is 0 Å². The molecule has 16 heavy (non-hydrogen) atoms. The van der Waals surface area contributed by atoms with Gasteiger partial charge in [-0.1, -0.05) is 24.3 Å². The number of carboxylic acid groups (broad SMARTS) is 1. The van der Waals surface area contributed by atoms with Crippen LogP contribution in [0.25, 0.3) is 0 Å². The van der Waals surface area contributed by atoms with Crippen LogP contribution < -0.4 is 0 Å². The molecule has 0 saturated heterocycles. The van der Waals surface area contributed by atoms with E-state index in [1.807, 2.05) is 0 Å². The third-order valence-electron chi connectivity index (χ3n) is 3.04. The second-order valence-corrected chi connectivity index (χ2v) is 5.95. The molecule has 0 spiro atoms. The molecular weight excluding hydrogens is 231 g/mol. The number of hydrogen-bond acceptors (Lipinski definition) is 2. The summed E-state index contributed by atoms with van der Waals surface area (Å²) >= 11 is 0. The lowest BCUT2D eigenvalue weighted by Gasteiger charge is -2.24. The average molecular weight is 242 g/mol. The second-order valence-electron chi connectivity index (χ2n) is 4.00. The van der Waals surface area contributed by atoms with Crippen molar-refractivity contribution in [3.63, 3.8) is 0 Å². The van der Waals surface area contributed by atoms with E-state index in [1.54, 1.807) is 24.3 Å². The van der Waals surface area contributed by atoms with Crippen LogP contribution in [0.15, 0.2) is 24.3 Å². The van der Waals surface area contributed by atoms with E-state index in [0.717, 1.165) is 0 Å². The topological polar surface area (TPSA) is 94.8 Å². The Morgan fingerprint density at radius 3 is 1.94 bits per heavy atom. The molecule has 6 heteroatoms. The Morgan fingerprint density at radius 2 is 1.62 bits per heavy atom. The van der Waals surface area contributed by atoms with Crippen LogP contribution in [0.2, 0.25) is 0 Å².